The van der Waals surface area contributed by atoms with Crippen molar-refractivity contribution in [2.45, 2.75) is 6.54 Å². The zero-order valence-corrected chi connectivity index (χ0v) is 11.0. The summed E-state index contributed by atoms with van der Waals surface area (Å²) in [5, 5.41) is 14.8. The summed E-state index contributed by atoms with van der Waals surface area (Å²) >= 11 is 0. The lowest BCUT2D eigenvalue weighted by atomic mass is 10.3. The number of amides is 2. The molecule has 1 rings (SSSR count). The number of carbonyl (C=O) groups excluding carboxylic acids is 1. The van der Waals surface area contributed by atoms with Crippen LogP contribution in [0.5, 0.6) is 0 Å². The fraction of sp³-hybridized carbons (Fsp3) is 0.500. The molecule has 1 heterocycles. The third kappa shape index (κ3) is 4.11. The van der Waals surface area contributed by atoms with Gasteiger partial charge < -0.3 is 20.1 Å². The highest BCUT2D eigenvalue weighted by atomic mass is 16.2. The molecule has 0 aromatic carbocycles. The van der Waals surface area contributed by atoms with Crippen molar-refractivity contribution in [1.82, 2.24) is 20.1 Å². The summed E-state index contributed by atoms with van der Waals surface area (Å²) in [6, 6.07) is 3.88. The van der Waals surface area contributed by atoms with Gasteiger partial charge in [-0.3, -0.25) is 0 Å². The number of rotatable bonds is 5. The highest BCUT2D eigenvalue weighted by Crippen LogP contribution is 2.05. The molecule has 0 fully saturated rings. The predicted octanol–water partition coefficient (Wildman–Crippen LogP) is 0.258. The van der Waals surface area contributed by atoms with Gasteiger partial charge in [0.2, 0.25) is 0 Å². The minimum absolute atomic E-state index is 0.0942. The van der Waals surface area contributed by atoms with Gasteiger partial charge in [0.15, 0.2) is 0 Å². The van der Waals surface area contributed by atoms with E-state index in [4.69, 9.17) is 5.26 Å². The molecule has 0 atom stereocenters. The molecule has 6 nitrogen and oxygen atoms in total. The molecule has 98 valence electrons. The van der Waals surface area contributed by atoms with Crippen molar-refractivity contribution < 1.29 is 4.79 Å². The lowest BCUT2D eigenvalue weighted by Crippen LogP contribution is -2.38. The maximum atomic E-state index is 11.2. The summed E-state index contributed by atoms with van der Waals surface area (Å²) in [6.45, 7) is 1.96. The quantitative estimate of drug-likeness (QED) is 0.735. The number of nitrogens with zero attached hydrogens (tertiary/aromatic N) is 3. The van der Waals surface area contributed by atoms with E-state index in [1.54, 1.807) is 18.7 Å². The number of aromatic nitrogens is 1. The Kier molecular flexibility index (Phi) is 5.21. The molecule has 0 spiro atoms. The van der Waals surface area contributed by atoms with Crippen LogP contribution in [0.15, 0.2) is 12.3 Å². The van der Waals surface area contributed by atoms with Crippen LogP contribution in [0.4, 0.5) is 4.79 Å². The summed E-state index contributed by atoms with van der Waals surface area (Å²) in [7, 11) is 5.26. The molecule has 1 aromatic heterocycles. The molecular formula is C12H19N5O. The minimum Gasteiger partial charge on any atom is -0.342 e. The molecule has 0 aliphatic carbocycles. The molecule has 2 N–H and O–H groups in total. The van der Waals surface area contributed by atoms with E-state index in [1.807, 2.05) is 19.3 Å². The van der Waals surface area contributed by atoms with E-state index in [9.17, 15) is 4.79 Å². The van der Waals surface area contributed by atoms with Crippen LogP contribution in [0.2, 0.25) is 0 Å². The van der Waals surface area contributed by atoms with Crippen LogP contribution in [-0.2, 0) is 13.6 Å². The number of carbonyl (C=O) groups is 1. The number of nitrogens with one attached hydrogen (secondary N) is 2. The van der Waals surface area contributed by atoms with Crippen LogP contribution in [0, 0.1) is 11.3 Å². The Morgan fingerprint density at radius 1 is 1.50 bits per heavy atom. The van der Waals surface area contributed by atoms with Gasteiger partial charge in [0.1, 0.15) is 11.8 Å². The fourth-order valence-electron chi connectivity index (χ4n) is 1.49. The van der Waals surface area contributed by atoms with Crippen molar-refractivity contribution in [1.29, 1.82) is 5.26 Å². The predicted molar refractivity (Wildman–Crippen MR) is 68.9 cm³/mol. The van der Waals surface area contributed by atoms with Crippen molar-refractivity contribution in [3.63, 3.8) is 0 Å². The molecule has 1 aromatic rings. The average Bonchev–Trinajstić information content (AvgIpc) is 2.68. The smallest absolute Gasteiger partial charge is 0.316 e. The zero-order valence-electron chi connectivity index (χ0n) is 11.0. The van der Waals surface area contributed by atoms with Gasteiger partial charge in [-0.15, -0.1) is 0 Å². The molecule has 6 heteroatoms. The van der Waals surface area contributed by atoms with E-state index in [1.165, 1.54) is 4.90 Å². The molecule has 0 radical (unpaired) electrons. The van der Waals surface area contributed by atoms with Crippen molar-refractivity contribution in [3.05, 3.63) is 23.5 Å². The summed E-state index contributed by atoms with van der Waals surface area (Å²) in [5.74, 6) is 0. The highest BCUT2D eigenvalue weighted by molar-refractivity contribution is 5.73. The van der Waals surface area contributed by atoms with E-state index in [0.717, 1.165) is 5.56 Å². The van der Waals surface area contributed by atoms with Crippen LogP contribution in [0.25, 0.3) is 0 Å². The molecule has 18 heavy (non-hydrogen) atoms. The molecule has 0 aliphatic rings. The third-order valence-electron chi connectivity index (χ3n) is 2.49. The Labute approximate surface area is 107 Å². The molecule has 0 unspecified atom stereocenters. The van der Waals surface area contributed by atoms with Gasteiger partial charge in [-0.1, -0.05) is 0 Å². The first-order valence-corrected chi connectivity index (χ1v) is 5.76. The van der Waals surface area contributed by atoms with E-state index in [-0.39, 0.29) is 6.03 Å². The second-order valence-corrected chi connectivity index (χ2v) is 4.26. The molecule has 2 amide bonds. The number of hydrogen-bond donors (Lipinski definition) is 2. The Balaban J connectivity index is 2.22. The number of aryl methyl sites for hydroxylation is 1. The Morgan fingerprint density at radius 2 is 2.22 bits per heavy atom. The van der Waals surface area contributed by atoms with E-state index >= 15 is 0 Å². The Hall–Kier alpha value is -2.00. The van der Waals surface area contributed by atoms with Crippen molar-refractivity contribution in [3.8, 4) is 6.07 Å². The minimum atomic E-state index is -0.0942. The van der Waals surface area contributed by atoms with Gasteiger partial charge >= 0.3 is 6.03 Å². The van der Waals surface area contributed by atoms with Crippen LogP contribution >= 0.6 is 0 Å². The van der Waals surface area contributed by atoms with Crippen molar-refractivity contribution in [2.75, 3.05) is 27.2 Å². The van der Waals surface area contributed by atoms with Gasteiger partial charge in [-0.25, -0.2) is 4.79 Å². The first kappa shape index (κ1) is 14.1. The molecule has 0 saturated heterocycles. The normalized spacial score (nSPS) is 9.89. The zero-order chi connectivity index (χ0) is 13.5. The Bertz CT molecular complexity index is 444. The first-order valence-electron chi connectivity index (χ1n) is 5.76. The number of urea groups is 1. The monoisotopic (exact) mass is 249 g/mol. The van der Waals surface area contributed by atoms with E-state index in [0.29, 0.717) is 25.3 Å². The molecule has 0 aliphatic heterocycles. The molecular weight excluding hydrogens is 230 g/mol. The lowest BCUT2D eigenvalue weighted by Gasteiger charge is -2.11. The maximum Gasteiger partial charge on any atom is 0.316 e. The second kappa shape index (κ2) is 6.67. The summed E-state index contributed by atoms with van der Waals surface area (Å²) < 4.78 is 1.80. The van der Waals surface area contributed by atoms with Crippen molar-refractivity contribution in [2.24, 2.45) is 7.05 Å². The van der Waals surface area contributed by atoms with Crippen molar-refractivity contribution >= 4 is 6.03 Å². The average molecular weight is 249 g/mol. The summed E-state index contributed by atoms with van der Waals surface area (Å²) in [6.07, 6.45) is 1.92. The highest BCUT2D eigenvalue weighted by Gasteiger charge is 2.02. The van der Waals surface area contributed by atoms with Gasteiger partial charge in [0, 0.05) is 47.0 Å². The second-order valence-electron chi connectivity index (χ2n) is 4.26. The van der Waals surface area contributed by atoms with Gasteiger partial charge in [-0.2, -0.15) is 5.26 Å². The molecule has 0 bridgehead atoms. The van der Waals surface area contributed by atoms with E-state index < -0.39 is 0 Å². The van der Waals surface area contributed by atoms with Crippen LogP contribution in [0.3, 0.4) is 0 Å². The van der Waals surface area contributed by atoms with Gasteiger partial charge in [-0.05, 0) is 11.6 Å². The Morgan fingerprint density at radius 3 is 2.78 bits per heavy atom. The largest absolute Gasteiger partial charge is 0.342 e. The summed E-state index contributed by atoms with van der Waals surface area (Å²) in [5.41, 5.74) is 1.71. The van der Waals surface area contributed by atoms with Crippen LogP contribution in [-0.4, -0.2) is 42.7 Å². The van der Waals surface area contributed by atoms with Crippen LogP contribution in [0.1, 0.15) is 11.3 Å². The maximum absolute atomic E-state index is 11.2. The topological polar surface area (TPSA) is 73.1 Å². The van der Waals surface area contributed by atoms with Crippen LogP contribution < -0.4 is 10.6 Å². The van der Waals surface area contributed by atoms with E-state index in [2.05, 4.69) is 16.7 Å². The lowest BCUT2D eigenvalue weighted by molar-refractivity contribution is 0.217. The van der Waals surface area contributed by atoms with Gasteiger partial charge in [0.25, 0.3) is 0 Å². The summed E-state index contributed by atoms with van der Waals surface area (Å²) in [4.78, 5) is 12.7. The van der Waals surface area contributed by atoms with Gasteiger partial charge in [0.05, 0.1) is 0 Å². The first-order chi connectivity index (χ1) is 8.54. The fourth-order valence-corrected chi connectivity index (χ4v) is 1.49. The standard InChI is InChI=1S/C12H19N5O/c1-16(2)12(18)15-5-4-14-8-10-6-11(7-13)17(3)9-10/h6,9,14H,4-5,8H2,1-3H3,(H,15,18). The molecule has 0 saturated carbocycles. The third-order valence-corrected chi connectivity index (χ3v) is 2.49. The number of nitriles is 1. The number of hydrogen-bond acceptors (Lipinski definition) is 3. The SMILES string of the molecule is CN(C)C(=O)NCCNCc1cc(C#N)n(C)c1.